The molecule has 0 aromatic heterocycles. The van der Waals surface area contributed by atoms with Crippen molar-refractivity contribution in [2.75, 3.05) is 0 Å². The van der Waals surface area contributed by atoms with Crippen molar-refractivity contribution in [2.24, 2.45) is 0 Å². The number of carboxylic acids is 2. The van der Waals surface area contributed by atoms with Gasteiger partial charge < -0.3 is 30.8 Å². The Labute approximate surface area is 114 Å². The summed E-state index contributed by atoms with van der Waals surface area (Å²) in [6.45, 7) is 0. The summed E-state index contributed by atoms with van der Waals surface area (Å²) < 4.78 is 0. The molecule has 0 spiro atoms. The molecule has 0 saturated carbocycles. The Balaban J connectivity index is -0.0000000208. The van der Waals surface area contributed by atoms with E-state index in [9.17, 15) is 0 Å². The first-order chi connectivity index (χ1) is 2.64. The van der Waals surface area contributed by atoms with Crippen molar-refractivity contribution in [1.82, 2.24) is 0 Å². The number of aliphatic carboxylic acids is 2. The molecule has 0 radical (unpaired) electrons. The molecule has 0 aliphatic heterocycles. The van der Waals surface area contributed by atoms with Gasteiger partial charge in [-0.15, -0.1) is 0 Å². The maximum atomic E-state index is 8.93. The average Bonchev–Trinajstić information content (AvgIpc) is 1.36. The number of rotatable bonds is 0. The summed E-state index contributed by atoms with van der Waals surface area (Å²) in [5.74, 6) is -4.37. The van der Waals surface area contributed by atoms with Gasteiger partial charge >= 0.3 is 73.1 Å². The minimum atomic E-state index is -2.19. The van der Waals surface area contributed by atoms with Crippen LogP contribution in [0.2, 0.25) is 0 Å². The third kappa shape index (κ3) is 22.9. The van der Waals surface area contributed by atoms with Gasteiger partial charge in [0.1, 0.15) is 0 Å². The van der Waals surface area contributed by atoms with E-state index in [2.05, 4.69) is 0 Å². The standard InChI is InChI=1S/C2H2O4.K.2H2O.Ti/c3-1(4)2(5)6;;;;/h(H,3,4)(H,5,6);;2*1H2;/q;+1;;;+2/p-2. The van der Waals surface area contributed by atoms with Gasteiger partial charge in [0.05, 0.1) is 11.9 Å². The van der Waals surface area contributed by atoms with Gasteiger partial charge in [-0.25, -0.2) is 0 Å². The Bertz CT molecular complexity index is 81.7. The largest absolute Gasteiger partial charge is 2.00 e. The fourth-order valence-corrected chi connectivity index (χ4v) is 0. The molecule has 0 aliphatic rings. The Morgan fingerprint density at radius 2 is 1.00 bits per heavy atom. The molecule has 10 heavy (non-hydrogen) atoms. The Morgan fingerprint density at radius 3 is 1.00 bits per heavy atom. The van der Waals surface area contributed by atoms with Crippen LogP contribution >= 0.6 is 0 Å². The van der Waals surface area contributed by atoms with Crippen molar-refractivity contribution >= 4 is 11.9 Å². The number of carboxylic acid groups (broad SMARTS) is 2. The van der Waals surface area contributed by atoms with Crippen LogP contribution in [0, 0.1) is 0 Å². The molecule has 0 aromatic rings. The maximum absolute atomic E-state index is 8.93. The SMILES string of the molecule is O.O.O=C([O-])C(=O)[O-].[K+].[Ti+2]. The van der Waals surface area contributed by atoms with Crippen molar-refractivity contribution in [2.45, 2.75) is 0 Å². The Morgan fingerprint density at radius 1 is 0.900 bits per heavy atom. The van der Waals surface area contributed by atoms with Gasteiger partial charge in [0.25, 0.3) is 0 Å². The molecule has 0 saturated heterocycles. The monoisotopic (exact) mass is 211 g/mol. The average molecular weight is 211 g/mol. The van der Waals surface area contributed by atoms with Crippen molar-refractivity contribution in [3.05, 3.63) is 0 Å². The third-order valence-corrected chi connectivity index (χ3v) is 0.167. The zero-order valence-electron chi connectivity index (χ0n) is 5.13. The molecule has 8 heteroatoms. The third-order valence-electron chi connectivity index (χ3n) is 0.167. The van der Waals surface area contributed by atoms with Gasteiger partial charge in [0.2, 0.25) is 0 Å². The van der Waals surface area contributed by atoms with Crippen LogP contribution in [0.1, 0.15) is 0 Å². The quantitative estimate of drug-likeness (QED) is 0.289. The second kappa shape index (κ2) is 16.7. The van der Waals surface area contributed by atoms with E-state index < -0.39 is 11.9 Å². The van der Waals surface area contributed by atoms with Crippen LogP contribution in [0.4, 0.5) is 0 Å². The van der Waals surface area contributed by atoms with Gasteiger partial charge in [-0.05, 0) is 0 Å². The smallest absolute Gasteiger partial charge is 0.543 e. The molecule has 0 heterocycles. The molecule has 0 unspecified atom stereocenters. The number of hydrogen-bond acceptors (Lipinski definition) is 4. The van der Waals surface area contributed by atoms with Gasteiger partial charge in [0, 0.05) is 0 Å². The molecule has 0 aromatic carbocycles. The minimum absolute atomic E-state index is 0. The first-order valence-corrected chi connectivity index (χ1v) is 1.07. The topological polar surface area (TPSA) is 143 Å². The van der Waals surface area contributed by atoms with Crippen LogP contribution in [0.5, 0.6) is 0 Å². The van der Waals surface area contributed by atoms with Crippen molar-refractivity contribution < 1.29 is 104 Å². The fourth-order valence-electron chi connectivity index (χ4n) is 0. The summed E-state index contributed by atoms with van der Waals surface area (Å²) in [4.78, 5) is 17.9. The molecular formula is C2H4KO6Ti+. The first kappa shape index (κ1) is 30.3. The van der Waals surface area contributed by atoms with Gasteiger partial charge in [-0.2, -0.15) is 0 Å². The van der Waals surface area contributed by atoms with Gasteiger partial charge in [0.15, 0.2) is 0 Å². The molecule has 0 amide bonds. The maximum Gasteiger partial charge on any atom is 2.00 e. The van der Waals surface area contributed by atoms with Crippen LogP contribution < -0.4 is 61.6 Å². The van der Waals surface area contributed by atoms with Crippen LogP contribution in [0.3, 0.4) is 0 Å². The predicted molar refractivity (Wildman–Crippen MR) is 17.2 cm³/mol. The summed E-state index contributed by atoms with van der Waals surface area (Å²) in [6.07, 6.45) is 0. The van der Waals surface area contributed by atoms with Crippen LogP contribution in [-0.4, -0.2) is 22.9 Å². The van der Waals surface area contributed by atoms with Crippen molar-refractivity contribution in [3.63, 3.8) is 0 Å². The van der Waals surface area contributed by atoms with Gasteiger partial charge in [-0.3, -0.25) is 0 Å². The molecular weight excluding hydrogens is 207 g/mol. The second-order valence-corrected chi connectivity index (χ2v) is 0.575. The summed E-state index contributed by atoms with van der Waals surface area (Å²) in [7, 11) is 0. The van der Waals surface area contributed by atoms with E-state index in [1.807, 2.05) is 0 Å². The Hall–Kier alpha value is 1.21. The molecule has 0 bridgehead atoms. The van der Waals surface area contributed by atoms with Crippen molar-refractivity contribution in [3.8, 4) is 0 Å². The minimum Gasteiger partial charge on any atom is -0.543 e. The molecule has 0 aliphatic carbocycles. The number of carbonyl (C=O) groups is 2. The zero-order valence-corrected chi connectivity index (χ0v) is 9.82. The molecule has 0 rings (SSSR count). The van der Waals surface area contributed by atoms with Crippen LogP contribution in [0.15, 0.2) is 0 Å². The predicted octanol–water partition coefficient (Wildman–Crippen LogP) is -8.16. The van der Waals surface area contributed by atoms with Gasteiger partial charge in [-0.1, -0.05) is 0 Å². The fraction of sp³-hybridized carbons (Fsp3) is 0. The molecule has 6 nitrogen and oxygen atoms in total. The van der Waals surface area contributed by atoms with E-state index in [-0.39, 0.29) is 84.1 Å². The summed E-state index contributed by atoms with van der Waals surface area (Å²) >= 11 is 0. The normalized spacial score (nSPS) is 4.40. The molecule has 0 fully saturated rings. The second-order valence-electron chi connectivity index (χ2n) is 0.575. The van der Waals surface area contributed by atoms with E-state index in [0.717, 1.165) is 0 Å². The van der Waals surface area contributed by atoms with E-state index in [1.165, 1.54) is 0 Å². The van der Waals surface area contributed by atoms with E-state index in [4.69, 9.17) is 19.8 Å². The van der Waals surface area contributed by atoms with E-state index >= 15 is 0 Å². The molecule has 0 atom stereocenters. The number of carbonyl (C=O) groups excluding carboxylic acids is 2. The summed E-state index contributed by atoms with van der Waals surface area (Å²) in [6, 6.07) is 0. The van der Waals surface area contributed by atoms with Crippen LogP contribution in [-0.2, 0) is 31.3 Å². The summed E-state index contributed by atoms with van der Waals surface area (Å²) in [5.41, 5.74) is 0. The first-order valence-electron chi connectivity index (χ1n) is 1.07. The zero-order chi connectivity index (χ0) is 5.15. The van der Waals surface area contributed by atoms with E-state index in [0.29, 0.717) is 0 Å². The number of hydrogen-bond donors (Lipinski definition) is 0. The van der Waals surface area contributed by atoms with E-state index in [1.54, 1.807) is 0 Å². The van der Waals surface area contributed by atoms with Crippen LogP contribution in [0.25, 0.3) is 0 Å². The summed E-state index contributed by atoms with van der Waals surface area (Å²) in [5, 5.41) is 17.9. The molecule has 4 N–H and O–H groups in total. The van der Waals surface area contributed by atoms with Crippen molar-refractivity contribution in [1.29, 1.82) is 0 Å². The molecule has 52 valence electrons. The Kier molecular flexibility index (Phi) is 50.5.